The van der Waals surface area contributed by atoms with Gasteiger partial charge < -0.3 is 5.32 Å². The monoisotopic (exact) mass is 403 g/mol. The molecule has 1 N–H and O–H groups in total. The topological polar surface area (TPSA) is 94.2 Å². The Bertz CT molecular complexity index is 972. The number of nitro groups is 1. The first-order valence-electron chi connectivity index (χ1n) is 7.47. The number of benzene rings is 1. The minimum absolute atomic E-state index is 0.0645. The number of amides is 1. The lowest BCUT2D eigenvalue weighted by atomic mass is 10.1. The molecule has 0 spiro atoms. The number of hydrogen-bond acceptors (Lipinski definition) is 4. The lowest BCUT2D eigenvalue weighted by molar-refractivity contribution is -0.386. The van der Waals surface area contributed by atoms with E-state index in [1.54, 1.807) is 0 Å². The molecule has 27 heavy (non-hydrogen) atoms. The van der Waals surface area contributed by atoms with Crippen LogP contribution in [-0.4, -0.2) is 15.4 Å². The lowest BCUT2D eigenvalue weighted by Gasteiger charge is -2.18. The Labute approximate surface area is 155 Å². The molecule has 0 aliphatic carbocycles. The first-order chi connectivity index (χ1) is 12.4. The van der Waals surface area contributed by atoms with Crippen molar-refractivity contribution in [3.63, 3.8) is 0 Å². The summed E-state index contributed by atoms with van der Waals surface area (Å²) < 4.78 is 39.3. The maximum Gasteiger partial charge on any atom is 0.416 e. The Morgan fingerprint density at radius 2 is 1.93 bits per heavy atom. The van der Waals surface area contributed by atoms with E-state index in [-0.39, 0.29) is 22.1 Å². The third-order valence-electron chi connectivity index (χ3n) is 3.87. The minimum Gasteiger partial charge on any atom is -0.323 e. The standard InChI is InChI=1S/C16H13ClF3N3O4/c1-8-13(23(26)27)5-6-14(24)22(8)9(2)15(25)21-12-7-10(16(18,19)20)3-4-11(12)17/h3-7,9H,1-2H3,(H,21,25). The van der Waals surface area contributed by atoms with Crippen molar-refractivity contribution >= 4 is 28.9 Å². The van der Waals surface area contributed by atoms with E-state index in [9.17, 15) is 32.9 Å². The van der Waals surface area contributed by atoms with E-state index in [1.807, 2.05) is 0 Å². The largest absolute Gasteiger partial charge is 0.416 e. The van der Waals surface area contributed by atoms with Gasteiger partial charge in [-0.2, -0.15) is 13.2 Å². The fourth-order valence-corrected chi connectivity index (χ4v) is 2.63. The van der Waals surface area contributed by atoms with Gasteiger partial charge >= 0.3 is 6.18 Å². The van der Waals surface area contributed by atoms with Gasteiger partial charge in [0.1, 0.15) is 6.04 Å². The maximum atomic E-state index is 12.8. The molecule has 2 aromatic rings. The molecular formula is C16H13ClF3N3O4. The Kier molecular flexibility index (Phi) is 5.59. The van der Waals surface area contributed by atoms with Gasteiger partial charge in [-0.25, -0.2) is 0 Å². The Balaban J connectivity index is 2.39. The number of carbonyl (C=O) groups is 1. The molecule has 1 heterocycles. The molecule has 1 atom stereocenters. The second-order valence-electron chi connectivity index (χ2n) is 5.63. The Hall–Kier alpha value is -2.88. The van der Waals surface area contributed by atoms with Crippen LogP contribution in [0, 0.1) is 17.0 Å². The molecule has 1 aromatic carbocycles. The van der Waals surface area contributed by atoms with Gasteiger partial charge in [0.25, 0.3) is 11.2 Å². The van der Waals surface area contributed by atoms with E-state index < -0.39 is 34.2 Å². The molecule has 1 aromatic heterocycles. The van der Waals surface area contributed by atoms with Crippen molar-refractivity contribution in [1.29, 1.82) is 0 Å². The zero-order valence-electron chi connectivity index (χ0n) is 14.0. The summed E-state index contributed by atoms with van der Waals surface area (Å²) in [5.41, 5.74) is -2.41. The molecule has 2 rings (SSSR count). The van der Waals surface area contributed by atoms with Crippen LogP contribution in [0.1, 0.15) is 24.2 Å². The van der Waals surface area contributed by atoms with Crippen molar-refractivity contribution in [3.05, 3.63) is 67.1 Å². The first-order valence-corrected chi connectivity index (χ1v) is 7.85. The molecule has 0 saturated heterocycles. The molecular weight excluding hydrogens is 391 g/mol. The van der Waals surface area contributed by atoms with Gasteiger partial charge in [-0.05, 0) is 32.0 Å². The highest BCUT2D eigenvalue weighted by Crippen LogP contribution is 2.34. The van der Waals surface area contributed by atoms with E-state index in [2.05, 4.69) is 5.32 Å². The van der Waals surface area contributed by atoms with Crippen LogP contribution >= 0.6 is 11.6 Å². The zero-order chi connectivity index (χ0) is 20.5. The van der Waals surface area contributed by atoms with Gasteiger partial charge in [0.05, 0.1) is 26.9 Å². The summed E-state index contributed by atoms with van der Waals surface area (Å²) in [5, 5.41) is 13.1. The van der Waals surface area contributed by atoms with Crippen LogP contribution in [0.4, 0.5) is 24.5 Å². The Morgan fingerprint density at radius 1 is 1.30 bits per heavy atom. The molecule has 7 nitrogen and oxygen atoms in total. The molecule has 1 amide bonds. The fraction of sp³-hybridized carbons (Fsp3) is 0.250. The Morgan fingerprint density at radius 3 is 2.48 bits per heavy atom. The highest BCUT2D eigenvalue weighted by Gasteiger charge is 2.31. The highest BCUT2D eigenvalue weighted by molar-refractivity contribution is 6.33. The van der Waals surface area contributed by atoms with Gasteiger partial charge in [0, 0.05) is 12.1 Å². The van der Waals surface area contributed by atoms with Crippen molar-refractivity contribution in [2.24, 2.45) is 0 Å². The van der Waals surface area contributed by atoms with Gasteiger partial charge in [-0.3, -0.25) is 24.3 Å². The molecule has 11 heteroatoms. The molecule has 144 valence electrons. The number of anilines is 1. The first kappa shape index (κ1) is 20.4. The second kappa shape index (κ2) is 7.39. The lowest BCUT2D eigenvalue weighted by Crippen LogP contribution is -2.33. The summed E-state index contributed by atoms with van der Waals surface area (Å²) in [4.78, 5) is 34.8. The molecule has 0 radical (unpaired) electrons. The summed E-state index contributed by atoms with van der Waals surface area (Å²) >= 11 is 5.83. The fourth-order valence-electron chi connectivity index (χ4n) is 2.47. The van der Waals surface area contributed by atoms with E-state index in [1.165, 1.54) is 13.8 Å². The SMILES string of the molecule is Cc1c([N+](=O)[O-])ccc(=O)n1C(C)C(=O)Nc1cc(C(F)(F)F)ccc1Cl. The quantitative estimate of drug-likeness (QED) is 0.618. The van der Waals surface area contributed by atoms with Crippen LogP contribution in [0.15, 0.2) is 35.1 Å². The van der Waals surface area contributed by atoms with Crippen LogP contribution in [0.2, 0.25) is 5.02 Å². The number of alkyl halides is 3. The maximum absolute atomic E-state index is 12.8. The van der Waals surface area contributed by atoms with Crippen molar-refractivity contribution in [3.8, 4) is 0 Å². The third-order valence-corrected chi connectivity index (χ3v) is 4.20. The molecule has 0 bridgehead atoms. The smallest absolute Gasteiger partial charge is 0.323 e. The number of carbonyl (C=O) groups excluding carboxylic acids is 1. The van der Waals surface area contributed by atoms with Crippen LogP contribution in [-0.2, 0) is 11.0 Å². The number of halogens is 4. The van der Waals surface area contributed by atoms with Crippen LogP contribution in [0.5, 0.6) is 0 Å². The minimum atomic E-state index is -4.64. The third kappa shape index (κ3) is 4.27. The number of pyridine rings is 1. The predicted molar refractivity (Wildman–Crippen MR) is 91.9 cm³/mol. The van der Waals surface area contributed by atoms with Crippen molar-refractivity contribution < 1.29 is 22.9 Å². The van der Waals surface area contributed by atoms with E-state index in [4.69, 9.17) is 11.6 Å². The van der Waals surface area contributed by atoms with Gasteiger partial charge in [0.15, 0.2) is 0 Å². The second-order valence-corrected chi connectivity index (χ2v) is 6.03. The molecule has 0 saturated carbocycles. The summed E-state index contributed by atoms with van der Waals surface area (Å²) in [7, 11) is 0. The zero-order valence-corrected chi connectivity index (χ0v) is 14.8. The molecule has 0 aliphatic heterocycles. The van der Waals surface area contributed by atoms with Crippen LogP contribution < -0.4 is 10.9 Å². The summed E-state index contributed by atoms with van der Waals surface area (Å²) in [5.74, 6) is -0.859. The van der Waals surface area contributed by atoms with Crippen LogP contribution in [0.25, 0.3) is 0 Å². The summed E-state index contributed by atoms with van der Waals surface area (Å²) in [6, 6.07) is 3.12. The van der Waals surface area contributed by atoms with E-state index in [0.29, 0.717) is 6.07 Å². The van der Waals surface area contributed by atoms with E-state index in [0.717, 1.165) is 28.8 Å². The molecule has 0 aliphatic rings. The van der Waals surface area contributed by atoms with Crippen molar-refractivity contribution in [2.45, 2.75) is 26.1 Å². The average molecular weight is 404 g/mol. The van der Waals surface area contributed by atoms with Gasteiger partial charge in [0.2, 0.25) is 5.91 Å². The number of hydrogen-bond donors (Lipinski definition) is 1. The van der Waals surface area contributed by atoms with Gasteiger partial charge in [-0.15, -0.1) is 0 Å². The normalized spacial score (nSPS) is 12.5. The molecule has 0 fully saturated rings. The predicted octanol–water partition coefficient (Wildman–Crippen LogP) is 3.94. The van der Waals surface area contributed by atoms with Crippen molar-refractivity contribution in [1.82, 2.24) is 4.57 Å². The number of nitrogens with zero attached hydrogens (tertiary/aromatic N) is 2. The average Bonchev–Trinajstić information content (AvgIpc) is 2.55. The van der Waals surface area contributed by atoms with Gasteiger partial charge in [-0.1, -0.05) is 11.6 Å². The highest BCUT2D eigenvalue weighted by atomic mass is 35.5. The number of rotatable bonds is 4. The summed E-state index contributed by atoms with van der Waals surface area (Å²) in [6.07, 6.45) is -4.64. The van der Waals surface area contributed by atoms with Crippen molar-refractivity contribution in [2.75, 3.05) is 5.32 Å². The molecule has 1 unspecified atom stereocenters. The van der Waals surface area contributed by atoms with E-state index >= 15 is 0 Å². The summed E-state index contributed by atoms with van der Waals surface area (Å²) in [6.45, 7) is 2.58. The number of nitrogens with one attached hydrogen (secondary N) is 1. The van der Waals surface area contributed by atoms with Crippen LogP contribution in [0.3, 0.4) is 0 Å². The number of aromatic nitrogens is 1.